The lowest BCUT2D eigenvalue weighted by atomic mass is 9.90. The molecule has 2 saturated carbocycles. The maximum absolute atomic E-state index is 12.6. The number of carbonyl (C=O) groups excluding carboxylic acids is 1. The summed E-state index contributed by atoms with van der Waals surface area (Å²) in [6.07, 6.45) is 6.43. The van der Waals surface area contributed by atoms with Crippen molar-refractivity contribution in [1.82, 2.24) is 5.43 Å². The quantitative estimate of drug-likeness (QED) is 0.372. The van der Waals surface area contributed by atoms with Crippen molar-refractivity contribution in [1.29, 1.82) is 0 Å². The molecule has 1 amide bonds. The summed E-state index contributed by atoms with van der Waals surface area (Å²) >= 11 is 7.08. The first-order valence-corrected chi connectivity index (χ1v) is 11.6. The van der Waals surface area contributed by atoms with E-state index >= 15 is 0 Å². The fourth-order valence-corrected chi connectivity index (χ4v) is 6.02. The van der Waals surface area contributed by atoms with Gasteiger partial charge in [-0.1, -0.05) is 66.0 Å². The highest BCUT2D eigenvalue weighted by atomic mass is 79.9. The zero-order valence-corrected chi connectivity index (χ0v) is 19.5. The van der Waals surface area contributed by atoms with Crippen LogP contribution in [0.25, 0.3) is 0 Å². The molecule has 152 valence electrons. The lowest BCUT2D eigenvalue weighted by Crippen LogP contribution is -2.22. The Kier molecular flexibility index (Phi) is 6.11. The number of hydrogen-bond donors (Lipinski definition) is 1. The van der Waals surface area contributed by atoms with Gasteiger partial charge in [0.1, 0.15) is 12.4 Å². The molecular weight excluding hydrogens is 496 g/mol. The largest absolute Gasteiger partial charge is 0.487 e. The van der Waals surface area contributed by atoms with Crippen LogP contribution in [0.2, 0.25) is 0 Å². The predicted molar refractivity (Wildman–Crippen MR) is 122 cm³/mol. The summed E-state index contributed by atoms with van der Waals surface area (Å²) in [6.45, 7) is 2.70. The number of hydrogen-bond acceptors (Lipinski definition) is 3. The van der Waals surface area contributed by atoms with Gasteiger partial charge in [0.25, 0.3) is 0 Å². The molecule has 2 aromatic rings. The Balaban J connectivity index is 1.44. The van der Waals surface area contributed by atoms with E-state index < -0.39 is 0 Å². The van der Waals surface area contributed by atoms with Gasteiger partial charge >= 0.3 is 0 Å². The minimum Gasteiger partial charge on any atom is -0.487 e. The molecule has 0 bridgehead atoms. The maximum atomic E-state index is 12.6. The van der Waals surface area contributed by atoms with Gasteiger partial charge in [-0.05, 0) is 57.8 Å². The number of amides is 1. The van der Waals surface area contributed by atoms with Gasteiger partial charge in [0, 0.05) is 16.0 Å². The Bertz CT molecular complexity index is 932. The number of carbonyl (C=O) groups is 1. The molecule has 3 atom stereocenters. The zero-order valence-electron chi connectivity index (χ0n) is 16.3. The smallest absolute Gasteiger partial charge is 0.244 e. The molecule has 4 rings (SSSR count). The van der Waals surface area contributed by atoms with Crippen LogP contribution in [-0.4, -0.2) is 12.1 Å². The molecule has 0 aromatic heterocycles. The third-order valence-electron chi connectivity index (χ3n) is 6.26. The second-order valence-electron chi connectivity index (χ2n) is 8.15. The van der Waals surface area contributed by atoms with E-state index in [0.29, 0.717) is 18.3 Å². The summed E-state index contributed by atoms with van der Waals surface area (Å²) in [5.41, 5.74) is 4.82. The van der Waals surface area contributed by atoms with Gasteiger partial charge in [0.2, 0.25) is 5.91 Å². The minimum absolute atomic E-state index is 0.0384. The number of halogens is 2. The lowest BCUT2D eigenvalue weighted by molar-refractivity contribution is -0.123. The van der Waals surface area contributed by atoms with Crippen LogP contribution in [-0.2, 0) is 11.4 Å². The Morgan fingerprint density at radius 1 is 1.28 bits per heavy atom. The van der Waals surface area contributed by atoms with Crippen molar-refractivity contribution in [2.45, 2.75) is 39.2 Å². The molecule has 0 radical (unpaired) electrons. The molecule has 6 heteroatoms. The van der Waals surface area contributed by atoms with E-state index in [1.54, 1.807) is 6.21 Å². The average molecular weight is 520 g/mol. The Labute approximate surface area is 188 Å². The standard InChI is InChI=1S/C23H24Br2N2O2/c1-23-10-6-5-9-18(23)20(23)22(28)27-26-13-16-11-17(24)12-19(25)21(16)29-14-15-7-3-2-4-8-15/h2-4,7-8,11-13,18,20H,5-6,9-10,14H2,1H3,(H,27,28)/b26-13+. The van der Waals surface area contributed by atoms with E-state index in [2.05, 4.69) is 49.3 Å². The molecule has 0 aliphatic heterocycles. The summed E-state index contributed by atoms with van der Waals surface area (Å²) < 4.78 is 7.79. The first-order chi connectivity index (χ1) is 14.0. The summed E-state index contributed by atoms with van der Waals surface area (Å²) in [5.74, 6) is 1.36. The van der Waals surface area contributed by atoms with Crippen LogP contribution < -0.4 is 10.2 Å². The summed E-state index contributed by atoms with van der Waals surface area (Å²) in [7, 11) is 0. The van der Waals surface area contributed by atoms with Gasteiger partial charge in [0.05, 0.1) is 10.7 Å². The van der Waals surface area contributed by atoms with Crippen molar-refractivity contribution < 1.29 is 9.53 Å². The molecule has 3 unspecified atom stereocenters. The second kappa shape index (κ2) is 8.60. The molecule has 0 saturated heterocycles. The van der Waals surface area contributed by atoms with Crippen LogP contribution in [0.1, 0.15) is 43.7 Å². The normalized spacial score (nSPS) is 25.5. The molecule has 0 heterocycles. The highest BCUT2D eigenvalue weighted by molar-refractivity contribution is 9.11. The van der Waals surface area contributed by atoms with E-state index in [0.717, 1.165) is 32.9 Å². The zero-order chi connectivity index (χ0) is 20.4. The number of rotatable bonds is 6. The molecule has 29 heavy (non-hydrogen) atoms. The van der Waals surface area contributed by atoms with Crippen LogP contribution >= 0.6 is 31.9 Å². The Morgan fingerprint density at radius 2 is 2.07 bits per heavy atom. The number of fused-ring (bicyclic) bond motifs is 1. The first-order valence-electron chi connectivity index (χ1n) is 9.98. The van der Waals surface area contributed by atoms with Gasteiger partial charge in [-0.2, -0.15) is 5.10 Å². The van der Waals surface area contributed by atoms with Crippen LogP contribution in [0, 0.1) is 17.3 Å². The van der Waals surface area contributed by atoms with Crippen LogP contribution in [0.5, 0.6) is 5.75 Å². The molecule has 1 N–H and O–H groups in total. The van der Waals surface area contributed by atoms with Gasteiger partial charge in [0.15, 0.2) is 0 Å². The average Bonchev–Trinajstić information content (AvgIpc) is 3.33. The number of benzene rings is 2. The van der Waals surface area contributed by atoms with Crippen molar-refractivity contribution in [3.63, 3.8) is 0 Å². The monoisotopic (exact) mass is 518 g/mol. The highest BCUT2D eigenvalue weighted by Crippen LogP contribution is 2.66. The first kappa shape index (κ1) is 20.6. The topological polar surface area (TPSA) is 50.7 Å². The molecular formula is C23H24Br2N2O2. The van der Waals surface area contributed by atoms with Crippen molar-refractivity contribution in [2.75, 3.05) is 0 Å². The van der Waals surface area contributed by atoms with Crippen LogP contribution in [0.3, 0.4) is 0 Å². The lowest BCUT2D eigenvalue weighted by Gasteiger charge is -2.15. The number of ether oxygens (including phenoxy) is 1. The fraction of sp³-hybridized carbons (Fsp3) is 0.391. The summed E-state index contributed by atoms with van der Waals surface area (Å²) in [6, 6.07) is 13.9. The molecule has 2 aliphatic carbocycles. The fourth-order valence-electron chi connectivity index (χ4n) is 4.64. The highest BCUT2D eigenvalue weighted by Gasteiger charge is 2.64. The Hall–Kier alpha value is -1.66. The SMILES string of the molecule is CC12CCCCC1C2C(=O)N/N=C/c1cc(Br)cc(Br)c1OCc1ccccc1. The van der Waals surface area contributed by atoms with Crippen LogP contribution in [0.15, 0.2) is 56.5 Å². The van der Waals surface area contributed by atoms with Gasteiger partial charge in [-0.3, -0.25) is 4.79 Å². The third-order valence-corrected chi connectivity index (χ3v) is 7.30. The predicted octanol–water partition coefficient (Wildman–Crippen LogP) is 6.07. The van der Waals surface area contributed by atoms with Gasteiger partial charge < -0.3 is 4.74 Å². The van der Waals surface area contributed by atoms with E-state index in [1.165, 1.54) is 12.8 Å². The number of nitrogens with zero attached hydrogens (tertiary/aromatic N) is 1. The van der Waals surface area contributed by atoms with E-state index in [1.807, 2.05) is 42.5 Å². The van der Waals surface area contributed by atoms with Crippen molar-refractivity contribution >= 4 is 44.0 Å². The molecule has 2 aliphatic rings. The molecule has 2 aromatic carbocycles. The van der Waals surface area contributed by atoms with E-state index in [-0.39, 0.29) is 17.2 Å². The van der Waals surface area contributed by atoms with Gasteiger partial charge in [-0.15, -0.1) is 0 Å². The van der Waals surface area contributed by atoms with Gasteiger partial charge in [-0.25, -0.2) is 5.43 Å². The van der Waals surface area contributed by atoms with Crippen molar-refractivity contribution in [3.8, 4) is 5.75 Å². The number of nitrogens with one attached hydrogen (secondary N) is 1. The Morgan fingerprint density at radius 3 is 2.79 bits per heavy atom. The van der Waals surface area contributed by atoms with Crippen molar-refractivity contribution in [3.05, 3.63) is 62.5 Å². The second-order valence-corrected chi connectivity index (χ2v) is 9.92. The van der Waals surface area contributed by atoms with E-state index in [9.17, 15) is 4.79 Å². The van der Waals surface area contributed by atoms with E-state index in [4.69, 9.17) is 4.74 Å². The summed E-state index contributed by atoms with van der Waals surface area (Å²) in [4.78, 5) is 12.6. The number of hydrazone groups is 1. The minimum atomic E-state index is 0.0384. The molecule has 4 nitrogen and oxygen atoms in total. The van der Waals surface area contributed by atoms with Crippen molar-refractivity contribution in [2.24, 2.45) is 22.4 Å². The van der Waals surface area contributed by atoms with Crippen LogP contribution in [0.4, 0.5) is 0 Å². The third kappa shape index (κ3) is 4.43. The summed E-state index contributed by atoms with van der Waals surface area (Å²) in [5, 5.41) is 4.24. The molecule has 2 fully saturated rings. The molecule has 0 spiro atoms. The maximum Gasteiger partial charge on any atom is 0.244 e.